The molecule has 3 nitrogen and oxygen atoms in total. The second-order valence-electron chi connectivity index (χ2n) is 4.11. The summed E-state index contributed by atoms with van der Waals surface area (Å²) in [6, 6.07) is 13.9. The molecule has 0 bridgehead atoms. The average Bonchev–Trinajstić information content (AvgIpc) is 2.48. The molecular formula is C15H15FN2OS. The van der Waals surface area contributed by atoms with E-state index in [4.69, 9.17) is 0 Å². The Kier molecular flexibility index (Phi) is 5.01. The van der Waals surface area contributed by atoms with Gasteiger partial charge in [0.15, 0.2) is 0 Å². The Labute approximate surface area is 121 Å². The molecule has 0 aliphatic carbocycles. The van der Waals surface area contributed by atoms with E-state index < -0.39 is 5.82 Å². The van der Waals surface area contributed by atoms with Gasteiger partial charge in [-0.05, 0) is 36.6 Å². The largest absolute Gasteiger partial charge is 0.376 e. The van der Waals surface area contributed by atoms with Crippen LogP contribution in [0.2, 0.25) is 0 Å². The van der Waals surface area contributed by atoms with Gasteiger partial charge in [-0.15, -0.1) is 11.8 Å². The van der Waals surface area contributed by atoms with Crippen molar-refractivity contribution in [1.29, 1.82) is 0 Å². The number of anilines is 2. The van der Waals surface area contributed by atoms with Crippen molar-refractivity contribution >= 4 is 29.0 Å². The smallest absolute Gasteiger partial charge is 0.243 e. The molecule has 0 radical (unpaired) electrons. The van der Waals surface area contributed by atoms with Crippen LogP contribution < -0.4 is 10.6 Å². The number of benzene rings is 2. The summed E-state index contributed by atoms with van der Waals surface area (Å²) in [5.41, 5.74) is 1.05. The third kappa shape index (κ3) is 3.99. The fourth-order valence-corrected chi connectivity index (χ4v) is 2.13. The Morgan fingerprint density at radius 2 is 2.00 bits per heavy atom. The highest BCUT2D eigenvalue weighted by Gasteiger charge is 2.06. The zero-order valence-electron chi connectivity index (χ0n) is 11.0. The molecule has 0 heterocycles. The molecule has 0 unspecified atom stereocenters. The molecule has 0 aromatic heterocycles. The van der Waals surface area contributed by atoms with Crippen LogP contribution in [0.15, 0.2) is 53.4 Å². The first-order chi connectivity index (χ1) is 9.69. The topological polar surface area (TPSA) is 41.1 Å². The molecule has 2 N–H and O–H groups in total. The first kappa shape index (κ1) is 14.4. The number of amides is 1. The molecule has 5 heteroatoms. The molecule has 0 spiro atoms. The number of thioether (sulfide) groups is 1. The second kappa shape index (κ2) is 6.96. The summed E-state index contributed by atoms with van der Waals surface area (Å²) < 4.78 is 13.4. The lowest BCUT2D eigenvalue weighted by Gasteiger charge is -2.09. The predicted molar refractivity (Wildman–Crippen MR) is 81.7 cm³/mol. The maximum atomic E-state index is 13.4. The van der Waals surface area contributed by atoms with Crippen molar-refractivity contribution in [3.05, 3.63) is 54.3 Å². The van der Waals surface area contributed by atoms with E-state index in [1.165, 1.54) is 12.1 Å². The van der Waals surface area contributed by atoms with Gasteiger partial charge >= 0.3 is 0 Å². The fraction of sp³-hybridized carbons (Fsp3) is 0.133. The Morgan fingerprint density at radius 1 is 1.20 bits per heavy atom. The van der Waals surface area contributed by atoms with Crippen molar-refractivity contribution < 1.29 is 9.18 Å². The van der Waals surface area contributed by atoms with Gasteiger partial charge in [-0.1, -0.05) is 18.2 Å². The standard InChI is InChI=1S/C15H15FN2OS/c1-20-12-6-4-5-11(9-12)17-10-15(19)18-14-8-3-2-7-13(14)16/h2-9,17H,10H2,1H3,(H,18,19). The van der Waals surface area contributed by atoms with Crippen molar-refractivity contribution in [2.75, 3.05) is 23.4 Å². The third-order valence-electron chi connectivity index (χ3n) is 2.67. The number of hydrogen-bond acceptors (Lipinski definition) is 3. The van der Waals surface area contributed by atoms with Crippen molar-refractivity contribution in [2.45, 2.75) is 4.90 Å². The maximum Gasteiger partial charge on any atom is 0.243 e. The molecule has 0 saturated heterocycles. The number of nitrogens with one attached hydrogen (secondary N) is 2. The van der Waals surface area contributed by atoms with Crippen LogP contribution in [0.3, 0.4) is 0 Å². The van der Waals surface area contributed by atoms with E-state index in [1.54, 1.807) is 23.9 Å². The molecule has 20 heavy (non-hydrogen) atoms. The van der Waals surface area contributed by atoms with Crippen LogP contribution in [-0.2, 0) is 4.79 Å². The highest BCUT2D eigenvalue weighted by molar-refractivity contribution is 7.98. The van der Waals surface area contributed by atoms with Crippen molar-refractivity contribution in [1.82, 2.24) is 0 Å². The fourth-order valence-electron chi connectivity index (χ4n) is 1.67. The summed E-state index contributed by atoms with van der Waals surface area (Å²) in [6.07, 6.45) is 1.99. The van der Waals surface area contributed by atoms with Gasteiger partial charge in [0.05, 0.1) is 12.2 Å². The van der Waals surface area contributed by atoms with E-state index in [2.05, 4.69) is 10.6 Å². The van der Waals surface area contributed by atoms with E-state index in [-0.39, 0.29) is 18.1 Å². The monoisotopic (exact) mass is 290 g/mol. The Morgan fingerprint density at radius 3 is 2.75 bits per heavy atom. The van der Waals surface area contributed by atoms with Gasteiger partial charge in [-0.2, -0.15) is 0 Å². The highest BCUT2D eigenvalue weighted by Crippen LogP contribution is 2.18. The minimum Gasteiger partial charge on any atom is -0.376 e. The van der Waals surface area contributed by atoms with Crippen molar-refractivity contribution in [3.63, 3.8) is 0 Å². The van der Waals surface area contributed by atoms with Gasteiger partial charge in [-0.3, -0.25) is 4.79 Å². The molecule has 0 saturated carbocycles. The SMILES string of the molecule is CSc1cccc(NCC(=O)Nc2ccccc2F)c1. The lowest BCUT2D eigenvalue weighted by molar-refractivity contribution is -0.114. The quantitative estimate of drug-likeness (QED) is 0.827. The van der Waals surface area contributed by atoms with Crippen molar-refractivity contribution in [2.24, 2.45) is 0 Å². The number of halogens is 1. The van der Waals surface area contributed by atoms with E-state index in [0.717, 1.165) is 10.6 Å². The van der Waals surface area contributed by atoms with Gasteiger partial charge < -0.3 is 10.6 Å². The molecule has 0 aliphatic rings. The van der Waals surface area contributed by atoms with E-state index in [0.29, 0.717) is 0 Å². The van der Waals surface area contributed by atoms with E-state index in [9.17, 15) is 9.18 Å². The summed E-state index contributed by atoms with van der Waals surface area (Å²) in [5.74, 6) is -0.727. The lowest BCUT2D eigenvalue weighted by atomic mass is 10.3. The molecule has 104 valence electrons. The van der Waals surface area contributed by atoms with Gasteiger partial charge in [0.25, 0.3) is 0 Å². The van der Waals surface area contributed by atoms with Gasteiger partial charge in [0, 0.05) is 10.6 Å². The number of hydrogen-bond donors (Lipinski definition) is 2. The lowest BCUT2D eigenvalue weighted by Crippen LogP contribution is -2.22. The van der Waals surface area contributed by atoms with E-state index >= 15 is 0 Å². The van der Waals surface area contributed by atoms with Crippen LogP contribution in [-0.4, -0.2) is 18.7 Å². The Bertz CT molecular complexity index is 604. The van der Waals surface area contributed by atoms with Crippen LogP contribution in [0.4, 0.5) is 15.8 Å². The summed E-state index contributed by atoms with van der Waals surface area (Å²) in [6.45, 7) is 0.0895. The predicted octanol–water partition coefficient (Wildman–Crippen LogP) is 3.60. The zero-order valence-corrected chi connectivity index (χ0v) is 11.8. The summed E-state index contributed by atoms with van der Waals surface area (Å²) >= 11 is 1.63. The van der Waals surface area contributed by atoms with Gasteiger partial charge in [0.2, 0.25) is 5.91 Å². The van der Waals surface area contributed by atoms with Crippen LogP contribution in [0.1, 0.15) is 0 Å². The third-order valence-corrected chi connectivity index (χ3v) is 3.40. The van der Waals surface area contributed by atoms with Gasteiger partial charge in [-0.25, -0.2) is 4.39 Å². The zero-order chi connectivity index (χ0) is 14.4. The molecular weight excluding hydrogens is 275 g/mol. The van der Waals surface area contributed by atoms with Crippen LogP contribution in [0, 0.1) is 5.82 Å². The average molecular weight is 290 g/mol. The first-order valence-corrected chi connectivity index (χ1v) is 7.34. The van der Waals surface area contributed by atoms with Crippen LogP contribution in [0.25, 0.3) is 0 Å². The van der Waals surface area contributed by atoms with Crippen LogP contribution in [0.5, 0.6) is 0 Å². The summed E-state index contributed by atoms with van der Waals surface area (Å²) in [5, 5.41) is 5.54. The molecule has 0 atom stereocenters. The molecule has 2 rings (SSSR count). The second-order valence-corrected chi connectivity index (χ2v) is 4.99. The molecule has 1 amide bonds. The molecule has 0 fully saturated rings. The Balaban J connectivity index is 1.90. The van der Waals surface area contributed by atoms with Crippen molar-refractivity contribution in [3.8, 4) is 0 Å². The summed E-state index contributed by atoms with van der Waals surface area (Å²) in [4.78, 5) is 12.9. The Hall–Kier alpha value is -2.01. The molecule has 2 aromatic carbocycles. The van der Waals surface area contributed by atoms with E-state index in [1.807, 2.05) is 30.5 Å². The summed E-state index contributed by atoms with van der Waals surface area (Å²) in [7, 11) is 0. The number of para-hydroxylation sites is 1. The normalized spacial score (nSPS) is 10.1. The molecule has 0 aliphatic heterocycles. The minimum absolute atomic E-state index is 0.0895. The number of carbonyl (C=O) groups is 1. The minimum atomic E-state index is -0.440. The van der Waals surface area contributed by atoms with Gasteiger partial charge in [0.1, 0.15) is 5.82 Å². The molecule has 2 aromatic rings. The highest BCUT2D eigenvalue weighted by atomic mass is 32.2. The number of carbonyl (C=O) groups excluding carboxylic acids is 1. The van der Waals surface area contributed by atoms with Crippen LogP contribution >= 0.6 is 11.8 Å². The maximum absolute atomic E-state index is 13.4. The first-order valence-electron chi connectivity index (χ1n) is 6.11. The number of rotatable bonds is 5.